The van der Waals surface area contributed by atoms with Gasteiger partial charge in [-0.3, -0.25) is 4.79 Å². The molecule has 0 aliphatic heterocycles. The van der Waals surface area contributed by atoms with Crippen molar-refractivity contribution in [1.29, 1.82) is 0 Å². The molecule has 3 rings (SSSR count). The lowest BCUT2D eigenvalue weighted by Crippen LogP contribution is -2.12. The smallest absolute Gasteiger partial charge is 0.255 e. The van der Waals surface area contributed by atoms with Crippen molar-refractivity contribution in [2.45, 2.75) is 13.8 Å². The van der Waals surface area contributed by atoms with E-state index in [-0.39, 0.29) is 5.91 Å². The maximum Gasteiger partial charge on any atom is 0.255 e. The maximum atomic E-state index is 12.5. The third-order valence-corrected chi connectivity index (χ3v) is 3.62. The summed E-state index contributed by atoms with van der Waals surface area (Å²) in [6, 6.07) is 12.9. The summed E-state index contributed by atoms with van der Waals surface area (Å²) in [6.07, 6.45) is 1.85. The molecular weight excluding hydrogens is 304 g/mol. The number of H-pyrrole nitrogens is 1. The molecule has 0 unspecified atom stereocenters. The number of aromatic nitrogens is 1. The lowest BCUT2D eigenvalue weighted by atomic mass is 10.1. The summed E-state index contributed by atoms with van der Waals surface area (Å²) in [5.41, 5.74) is 2.19. The molecule has 0 aliphatic carbocycles. The number of ether oxygens (including phenoxy) is 2. The van der Waals surface area contributed by atoms with Crippen LogP contribution in [0.3, 0.4) is 0 Å². The maximum absolute atomic E-state index is 12.5. The zero-order chi connectivity index (χ0) is 16.9. The van der Waals surface area contributed by atoms with Crippen LogP contribution in [0.25, 0.3) is 10.9 Å². The van der Waals surface area contributed by atoms with Gasteiger partial charge in [0.2, 0.25) is 0 Å². The molecule has 0 fully saturated rings. The van der Waals surface area contributed by atoms with Crippen LogP contribution >= 0.6 is 0 Å². The van der Waals surface area contributed by atoms with Gasteiger partial charge in [0.25, 0.3) is 5.91 Å². The molecule has 2 N–H and O–H groups in total. The van der Waals surface area contributed by atoms with E-state index in [1.165, 1.54) is 0 Å². The topological polar surface area (TPSA) is 63.3 Å². The Morgan fingerprint density at radius 3 is 2.58 bits per heavy atom. The summed E-state index contributed by atoms with van der Waals surface area (Å²) in [4.78, 5) is 15.6. The van der Waals surface area contributed by atoms with Crippen molar-refractivity contribution in [1.82, 2.24) is 4.98 Å². The highest BCUT2D eigenvalue weighted by molar-refractivity contribution is 6.06. The average molecular weight is 324 g/mol. The van der Waals surface area contributed by atoms with Gasteiger partial charge >= 0.3 is 0 Å². The summed E-state index contributed by atoms with van der Waals surface area (Å²) in [5.74, 6) is 1.13. The van der Waals surface area contributed by atoms with Crippen molar-refractivity contribution in [3.05, 3.63) is 54.2 Å². The van der Waals surface area contributed by atoms with Crippen molar-refractivity contribution in [3.8, 4) is 11.5 Å². The second kappa shape index (κ2) is 7.08. The van der Waals surface area contributed by atoms with Crippen molar-refractivity contribution in [2.75, 3.05) is 18.5 Å². The fraction of sp³-hybridized carbons (Fsp3) is 0.211. The van der Waals surface area contributed by atoms with E-state index in [4.69, 9.17) is 9.47 Å². The molecule has 0 atom stereocenters. The lowest BCUT2D eigenvalue weighted by Gasteiger charge is -2.13. The molecule has 0 aliphatic rings. The number of fused-ring (bicyclic) bond motifs is 1. The zero-order valence-corrected chi connectivity index (χ0v) is 13.8. The van der Waals surface area contributed by atoms with Crippen LogP contribution in [0.2, 0.25) is 0 Å². The second-order valence-electron chi connectivity index (χ2n) is 5.26. The minimum absolute atomic E-state index is 0.168. The fourth-order valence-electron chi connectivity index (χ4n) is 2.52. The Morgan fingerprint density at radius 1 is 1.00 bits per heavy atom. The highest BCUT2D eigenvalue weighted by atomic mass is 16.5. The quantitative estimate of drug-likeness (QED) is 0.713. The Kier molecular flexibility index (Phi) is 4.70. The molecule has 0 radical (unpaired) electrons. The summed E-state index contributed by atoms with van der Waals surface area (Å²) in [7, 11) is 0. The summed E-state index contributed by atoms with van der Waals surface area (Å²) in [5, 5.41) is 3.97. The highest BCUT2D eigenvalue weighted by Crippen LogP contribution is 2.30. The molecule has 24 heavy (non-hydrogen) atoms. The Balaban J connectivity index is 1.81. The molecule has 1 aromatic heterocycles. The van der Waals surface area contributed by atoms with Crippen LogP contribution in [-0.4, -0.2) is 24.1 Å². The van der Waals surface area contributed by atoms with Crippen molar-refractivity contribution in [2.24, 2.45) is 0 Å². The molecule has 0 saturated carbocycles. The number of amides is 1. The summed E-state index contributed by atoms with van der Waals surface area (Å²) in [6.45, 7) is 4.91. The van der Waals surface area contributed by atoms with E-state index in [1.54, 1.807) is 18.2 Å². The monoisotopic (exact) mass is 324 g/mol. The number of hydrogen-bond donors (Lipinski definition) is 2. The number of nitrogens with one attached hydrogen (secondary N) is 2. The Labute approximate surface area is 140 Å². The van der Waals surface area contributed by atoms with Gasteiger partial charge < -0.3 is 19.8 Å². The molecular formula is C19H20N2O3. The molecule has 1 amide bonds. The predicted molar refractivity (Wildman–Crippen MR) is 95.0 cm³/mol. The third-order valence-electron chi connectivity index (χ3n) is 3.62. The molecule has 0 spiro atoms. The van der Waals surface area contributed by atoms with Crippen LogP contribution < -0.4 is 14.8 Å². The van der Waals surface area contributed by atoms with E-state index < -0.39 is 0 Å². The Morgan fingerprint density at radius 2 is 1.79 bits per heavy atom. The average Bonchev–Trinajstić information content (AvgIpc) is 3.05. The van der Waals surface area contributed by atoms with Gasteiger partial charge in [-0.2, -0.15) is 0 Å². The van der Waals surface area contributed by atoms with Crippen LogP contribution in [-0.2, 0) is 0 Å². The first-order valence-corrected chi connectivity index (χ1v) is 7.99. The fourth-order valence-corrected chi connectivity index (χ4v) is 2.52. The van der Waals surface area contributed by atoms with Gasteiger partial charge in [0.1, 0.15) is 0 Å². The van der Waals surface area contributed by atoms with E-state index in [1.807, 2.05) is 44.3 Å². The molecule has 0 bridgehead atoms. The zero-order valence-electron chi connectivity index (χ0n) is 13.8. The number of rotatable bonds is 6. The van der Waals surface area contributed by atoms with E-state index in [2.05, 4.69) is 10.3 Å². The van der Waals surface area contributed by atoms with Crippen LogP contribution in [0, 0.1) is 0 Å². The van der Waals surface area contributed by atoms with Crippen LogP contribution in [0.5, 0.6) is 11.5 Å². The van der Waals surface area contributed by atoms with Crippen molar-refractivity contribution >= 4 is 22.5 Å². The van der Waals surface area contributed by atoms with Crippen LogP contribution in [0.1, 0.15) is 24.2 Å². The number of anilines is 1. The number of carbonyl (C=O) groups excluding carboxylic acids is 1. The predicted octanol–water partition coefficient (Wildman–Crippen LogP) is 4.22. The normalized spacial score (nSPS) is 10.6. The molecule has 1 heterocycles. The molecule has 2 aromatic carbocycles. The minimum Gasteiger partial charge on any atom is -0.490 e. The Bertz CT molecular complexity index is 855. The van der Waals surface area contributed by atoms with E-state index in [0.29, 0.717) is 36.0 Å². The van der Waals surface area contributed by atoms with Gasteiger partial charge in [-0.15, -0.1) is 0 Å². The number of benzene rings is 2. The Hall–Kier alpha value is -2.95. The van der Waals surface area contributed by atoms with Gasteiger partial charge in [0.15, 0.2) is 11.5 Å². The molecule has 5 nitrogen and oxygen atoms in total. The van der Waals surface area contributed by atoms with Crippen LogP contribution in [0.4, 0.5) is 5.69 Å². The van der Waals surface area contributed by atoms with Gasteiger partial charge in [-0.05, 0) is 49.6 Å². The van der Waals surface area contributed by atoms with Gasteiger partial charge in [-0.25, -0.2) is 0 Å². The SMILES string of the molecule is CCOc1ccc(NC(=O)c2ccc3cc[nH]c3c2)cc1OCC. The van der Waals surface area contributed by atoms with Crippen molar-refractivity contribution < 1.29 is 14.3 Å². The first-order valence-electron chi connectivity index (χ1n) is 7.99. The molecule has 5 heteroatoms. The van der Waals surface area contributed by atoms with E-state index in [0.717, 1.165) is 10.9 Å². The molecule has 124 valence electrons. The van der Waals surface area contributed by atoms with E-state index in [9.17, 15) is 4.79 Å². The minimum atomic E-state index is -0.168. The van der Waals surface area contributed by atoms with E-state index >= 15 is 0 Å². The first-order chi connectivity index (χ1) is 11.7. The van der Waals surface area contributed by atoms with Crippen molar-refractivity contribution in [3.63, 3.8) is 0 Å². The number of aromatic amines is 1. The first kappa shape index (κ1) is 15.9. The summed E-state index contributed by atoms with van der Waals surface area (Å²) >= 11 is 0. The largest absolute Gasteiger partial charge is 0.490 e. The van der Waals surface area contributed by atoms with Gasteiger partial charge in [-0.1, -0.05) is 6.07 Å². The summed E-state index contributed by atoms with van der Waals surface area (Å²) < 4.78 is 11.1. The number of hydrogen-bond acceptors (Lipinski definition) is 3. The lowest BCUT2D eigenvalue weighted by molar-refractivity contribution is 0.102. The van der Waals surface area contributed by atoms with Gasteiger partial charge in [0.05, 0.1) is 13.2 Å². The standard InChI is InChI=1S/C19H20N2O3/c1-3-23-17-8-7-15(12-18(17)24-4-2)21-19(22)14-6-5-13-9-10-20-16(13)11-14/h5-12,20H,3-4H2,1-2H3,(H,21,22). The highest BCUT2D eigenvalue weighted by Gasteiger charge is 2.10. The van der Waals surface area contributed by atoms with Gasteiger partial charge in [0, 0.05) is 29.0 Å². The number of carbonyl (C=O) groups is 1. The third kappa shape index (κ3) is 3.35. The second-order valence-corrected chi connectivity index (χ2v) is 5.26. The van der Waals surface area contributed by atoms with Crippen LogP contribution in [0.15, 0.2) is 48.7 Å². The molecule has 0 saturated heterocycles. The molecule has 3 aromatic rings.